The number of aliphatic hydroxyl groups excluding tert-OH is 2. The topological polar surface area (TPSA) is 109 Å². The zero-order valence-corrected chi connectivity index (χ0v) is 29.8. The molecule has 1 aliphatic heterocycles. The molecule has 6 rings (SSSR count). The first-order chi connectivity index (χ1) is 23.7. The van der Waals surface area contributed by atoms with Gasteiger partial charge in [0.15, 0.2) is 11.5 Å². The smallest absolute Gasteiger partial charge is 0.161 e. The van der Waals surface area contributed by atoms with Crippen molar-refractivity contribution in [2.45, 2.75) is 128 Å². The quantitative estimate of drug-likeness (QED) is 0.144. The number of hydrogen-bond donors (Lipinski definition) is 4. The molecule has 0 bridgehead atoms. The molecule has 0 radical (unpaired) electrons. The van der Waals surface area contributed by atoms with Crippen molar-refractivity contribution in [2.24, 2.45) is 11.8 Å². The van der Waals surface area contributed by atoms with Crippen LogP contribution in [-0.4, -0.2) is 46.4 Å². The molecule has 4 atom stereocenters. The van der Waals surface area contributed by atoms with Crippen LogP contribution in [0.2, 0.25) is 0 Å². The minimum atomic E-state index is -0.802. The van der Waals surface area contributed by atoms with Crippen LogP contribution in [0.3, 0.4) is 0 Å². The number of methoxy groups -OCH3 is 1. The minimum Gasteiger partial charge on any atom is -0.508 e. The lowest BCUT2D eigenvalue weighted by atomic mass is 9.71. The molecule has 3 aromatic carbocycles. The van der Waals surface area contributed by atoms with Crippen molar-refractivity contribution in [2.75, 3.05) is 13.7 Å². The van der Waals surface area contributed by atoms with E-state index in [1.807, 2.05) is 24.3 Å². The van der Waals surface area contributed by atoms with Crippen LogP contribution in [0.15, 0.2) is 36.4 Å². The first-order valence-corrected chi connectivity index (χ1v) is 18.7. The summed E-state index contributed by atoms with van der Waals surface area (Å²) in [5.41, 5.74) is 7.16. The van der Waals surface area contributed by atoms with Gasteiger partial charge in [0.1, 0.15) is 23.4 Å². The predicted molar refractivity (Wildman–Crippen MR) is 193 cm³/mol. The number of ether oxygens (including phenoxy) is 3. The van der Waals surface area contributed by atoms with Gasteiger partial charge in [-0.1, -0.05) is 39.7 Å². The molecule has 1 saturated carbocycles. The molecule has 0 amide bonds. The summed E-state index contributed by atoms with van der Waals surface area (Å²) >= 11 is 0. The molecule has 4 N–H and O–H groups in total. The van der Waals surface area contributed by atoms with Crippen LogP contribution in [0.25, 0.3) is 11.1 Å². The lowest BCUT2D eigenvalue weighted by Crippen LogP contribution is -2.32. The second kappa shape index (κ2) is 15.6. The Morgan fingerprint density at radius 1 is 0.939 bits per heavy atom. The zero-order valence-electron chi connectivity index (χ0n) is 29.8. The highest BCUT2D eigenvalue weighted by Gasteiger charge is 2.38. The summed E-state index contributed by atoms with van der Waals surface area (Å²) in [6.45, 7) is 6.76. The molecule has 7 heteroatoms. The van der Waals surface area contributed by atoms with Crippen molar-refractivity contribution in [3.05, 3.63) is 64.2 Å². The summed E-state index contributed by atoms with van der Waals surface area (Å²) in [6.07, 6.45) is 10.9. The summed E-state index contributed by atoms with van der Waals surface area (Å²) in [4.78, 5) is 0. The second-order valence-corrected chi connectivity index (χ2v) is 15.1. The molecule has 7 nitrogen and oxygen atoms in total. The highest BCUT2D eigenvalue weighted by Crippen LogP contribution is 2.54. The first kappa shape index (κ1) is 35.4. The highest BCUT2D eigenvalue weighted by molar-refractivity contribution is 5.83. The monoisotopic (exact) mass is 672 g/mol. The molecular weight excluding hydrogens is 616 g/mol. The highest BCUT2D eigenvalue weighted by atomic mass is 16.5. The zero-order chi connectivity index (χ0) is 34.7. The number of benzene rings is 3. The molecule has 49 heavy (non-hydrogen) atoms. The van der Waals surface area contributed by atoms with E-state index >= 15 is 0 Å². The van der Waals surface area contributed by atoms with Gasteiger partial charge in [-0.05, 0) is 134 Å². The van der Waals surface area contributed by atoms with Crippen molar-refractivity contribution >= 4 is 0 Å². The maximum Gasteiger partial charge on any atom is 0.161 e. The Labute approximate surface area is 292 Å². The number of hydrogen-bond acceptors (Lipinski definition) is 7. The van der Waals surface area contributed by atoms with Gasteiger partial charge < -0.3 is 34.6 Å². The van der Waals surface area contributed by atoms with Crippen molar-refractivity contribution in [3.63, 3.8) is 0 Å². The van der Waals surface area contributed by atoms with E-state index in [-0.39, 0.29) is 24.4 Å². The average Bonchev–Trinajstić information content (AvgIpc) is 3.09. The number of fused-ring (bicyclic) bond motifs is 5. The molecular formula is C42H56O7. The Hall–Kier alpha value is -3.42. The Bertz CT molecular complexity index is 1590. The fourth-order valence-electron chi connectivity index (χ4n) is 8.55. The van der Waals surface area contributed by atoms with Crippen LogP contribution >= 0.6 is 0 Å². The predicted octanol–water partition coefficient (Wildman–Crippen LogP) is 8.94. The molecule has 0 unspecified atom stereocenters. The van der Waals surface area contributed by atoms with Crippen LogP contribution in [0, 0.1) is 11.8 Å². The third-order valence-electron chi connectivity index (χ3n) is 11.1. The maximum atomic E-state index is 11.8. The van der Waals surface area contributed by atoms with Crippen LogP contribution < -0.4 is 14.2 Å². The van der Waals surface area contributed by atoms with Crippen LogP contribution in [0.1, 0.15) is 125 Å². The molecule has 1 fully saturated rings. The third kappa shape index (κ3) is 7.68. The minimum absolute atomic E-state index is 0.0855. The fourth-order valence-corrected chi connectivity index (χ4v) is 8.55. The lowest BCUT2D eigenvalue weighted by Gasteiger charge is -2.38. The molecule has 0 saturated heterocycles. The van der Waals surface area contributed by atoms with Crippen molar-refractivity contribution in [1.82, 2.24) is 0 Å². The van der Waals surface area contributed by atoms with Gasteiger partial charge in [-0.25, -0.2) is 0 Å². The van der Waals surface area contributed by atoms with Crippen LogP contribution in [0.4, 0.5) is 0 Å². The van der Waals surface area contributed by atoms with E-state index in [0.717, 1.165) is 116 Å². The van der Waals surface area contributed by atoms with Crippen LogP contribution in [0.5, 0.6) is 28.7 Å². The summed E-state index contributed by atoms with van der Waals surface area (Å²) in [6, 6.07) is 11.4. The van der Waals surface area contributed by atoms with E-state index < -0.39 is 12.2 Å². The summed E-state index contributed by atoms with van der Waals surface area (Å²) in [5, 5.41) is 43.0. The normalized spacial score (nSPS) is 21.0. The molecule has 1 heterocycles. The van der Waals surface area contributed by atoms with E-state index in [0.29, 0.717) is 29.8 Å². The molecule has 3 aromatic rings. The first-order valence-electron chi connectivity index (χ1n) is 18.7. The van der Waals surface area contributed by atoms with Crippen molar-refractivity contribution in [3.8, 4) is 39.9 Å². The van der Waals surface area contributed by atoms with Gasteiger partial charge in [0.05, 0.1) is 19.3 Å². The van der Waals surface area contributed by atoms with Crippen LogP contribution in [-0.2, 0) is 19.3 Å². The second-order valence-electron chi connectivity index (χ2n) is 15.1. The molecule has 266 valence electrons. The number of aromatic hydroxyl groups is 2. The van der Waals surface area contributed by atoms with Gasteiger partial charge in [0.2, 0.25) is 0 Å². The van der Waals surface area contributed by atoms with Crippen molar-refractivity contribution < 1.29 is 34.6 Å². The van der Waals surface area contributed by atoms with Crippen molar-refractivity contribution in [1.29, 1.82) is 0 Å². The Kier molecular flexibility index (Phi) is 11.3. The molecule has 0 aromatic heterocycles. The molecule has 3 aliphatic rings. The van der Waals surface area contributed by atoms with E-state index in [2.05, 4.69) is 26.8 Å². The SMILES string of the molecule is CC[C@H](CCCO)CC[C@H]1Cc2cc(O)c(CC(C)C)cc2-c2c(OC)cc3c(c21)C[C@@H](O)[C@H](c1ccc(O)c(OC2CCCCC2)c1)O3. The Balaban J connectivity index is 1.40. The van der Waals surface area contributed by atoms with E-state index in [1.54, 1.807) is 13.2 Å². The number of rotatable bonds is 13. The number of phenolic OH excluding ortho intramolecular Hbond substituents is 2. The van der Waals surface area contributed by atoms with E-state index in [1.165, 1.54) is 12.0 Å². The summed E-state index contributed by atoms with van der Waals surface area (Å²) in [5.74, 6) is 3.41. The van der Waals surface area contributed by atoms with Gasteiger partial charge in [0, 0.05) is 30.2 Å². The number of phenols is 2. The van der Waals surface area contributed by atoms with Gasteiger partial charge in [-0.15, -0.1) is 0 Å². The average molecular weight is 673 g/mol. The fraction of sp³-hybridized carbons (Fsp3) is 0.571. The molecule has 2 aliphatic carbocycles. The molecule has 0 spiro atoms. The van der Waals surface area contributed by atoms with Gasteiger partial charge >= 0.3 is 0 Å². The largest absolute Gasteiger partial charge is 0.508 e. The van der Waals surface area contributed by atoms with Gasteiger partial charge in [-0.2, -0.15) is 0 Å². The maximum absolute atomic E-state index is 11.8. The Morgan fingerprint density at radius 2 is 1.73 bits per heavy atom. The number of aliphatic hydroxyl groups is 2. The lowest BCUT2D eigenvalue weighted by molar-refractivity contribution is 0.0199. The summed E-state index contributed by atoms with van der Waals surface area (Å²) < 4.78 is 19.1. The Morgan fingerprint density at radius 3 is 2.45 bits per heavy atom. The third-order valence-corrected chi connectivity index (χ3v) is 11.1. The van der Waals surface area contributed by atoms with Gasteiger partial charge in [0.25, 0.3) is 0 Å². The van der Waals surface area contributed by atoms with Gasteiger partial charge in [-0.3, -0.25) is 0 Å². The van der Waals surface area contributed by atoms with E-state index in [9.17, 15) is 20.4 Å². The summed E-state index contributed by atoms with van der Waals surface area (Å²) in [7, 11) is 1.70. The standard InChI is InChI=1S/C42H56O7/c1-5-26(10-9-17-43)13-14-27-19-29-21-35(45)30(18-25(2)3)20-32(29)41-39(47-4)24-37-33(40(27)41)23-36(46)42(49-37)28-15-16-34(44)38(22-28)48-31-11-7-6-8-12-31/h15-16,20-22,24-27,31,36,42-46H,5-14,17-19,23H2,1-4H3/t26-,27+,36-,42+/m1/s1. The van der Waals surface area contributed by atoms with E-state index in [4.69, 9.17) is 14.2 Å².